The first-order valence-corrected chi connectivity index (χ1v) is 13.8. The van der Waals surface area contributed by atoms with Gasteiger partial charge in [-0.3, -0.25) is 14.5 Å². The molecule has 0 bridgehead atoms. The number of carbonyl (C=O) groups is 2. The third-order valence-electron chi connectivity index (χ3n) is 7.60. The minimum Gasteiger partial charge on any atom is -0.508 e. The van der Waals surface area contributed by atoms with E-state index in [0.29, 0.717) is 12.2 Å². The molecule has 2 heterocycles. The lowest BCUT2D eigenvalue weighted by Gasteiger charge is -2.41. The Hall–Kier alpha value is -4.52. The summed E-state index contributed by atoms with van der Waals surface area (Å²) in [5, 5.41) is 49.0. The van der Waals surface area contributed by atoms with Crippen molar-refractivity contribution in [3.05, 3.63) is 65.2 Å². The molecule has 5 rings (SSSR count). The van der Waals surface area contributed by atoms with Gasteiger partial charge in [0.15, 0.2) is 13.2 Å². The maximum Gasteiger partial charge on any atom is 0.262 e. The lowest BCUT2D eigenvalue weighted by atomic mass is 9.90. The van der Waals surface area contributed by atoms with Gasteiger partial charge in [-0.2, -0.15) is 0 Å². The van der Waals surface area contributed by atoms with Crippen molar-refractivity contribution in [2.24, 2.45) is 0 Å². The van der Waals surface area contributed by atoms with Gasteiger partial charge in [0.2, 0.25) is 0 Å². The van der Waals surface area contributed by atoms with Crippen molar-refractivity contribution < 1.29 is 44.2 Å². The number of nitrogens with one attached hydrogen (secondary N) is 2. The topological polar surface area (TPSA) is 170 Å². The lowest BCUT2D eigenvalue weighted by molar-refractivity contribution is -0.119. The normalized spacial score (nSPS) is 15.8. The SMILES string of the molecule is COc1ccc(CC(C)(C)N(CC(O)c2cc(O)cc3c2OCC(=O)N3)C[C@H](O)c2cc(O)cc3c2OCC(=O)N3)cc1. The number of amides is 2. The molecule has 0 spiro atoms. The maximum atomic E-state index is 11.9. The third kappa shape index (κ3) is 6.61. The molecule has 0 saturated carbocycles. The third-order valence-corrected chi connectivity index (χ3v) is 7.60. The number of carbonyl (C=O) groups excluding carboxylic acids is 2. The number of fused-ring (bicyclic) bond motifs is 2. The zero-order valence-corrected chi connectivity index (χ0v) is 24.1. The summed E-state index contributed by atoms with van der Waals surface area (Å²) >= 11 is 0. The van der Waals surface area contributed by atoms with Gasteiger partial charge < -0.3 is 45.3 Å². The highest BCUT2D eigenvalue weighted by atomic mass is 16.5. The average Bonchev–Trinajstić information content (AvgIpc) is 2.95. The van der Waals surface area contributed by atoms with Crippen LogP contribution >= 0.6 is 0 Å². The van der Waals surface area contributed by atoms with Gasteiger partial charge >= 0.3 is 0 Å². The number of nitrogens with zero attached hydrogens (tertiary/aromatic N) is 1. The number of aliphatic hydroxyl groups is 2. The van der Waals surface area contributed by atoms with Gasteiger partial charge in [0, 0.05) is 41.9 Å². The van der Waals surface area contributed by atoms with Crippen LogP contribution in [0.3, 0.4) is 0 Å². The monoisotopic (exact) mass is 593 g/mol. The van der Waals surface area contributed by atoms with Crippen LogP contribution in [0.25, 0.3) is 0 Å². The fraction of sp³-hybridized carbons (Fsp3) is 0.355. The van der Waals surface area contributed by atoms with Crippen molar-refractivity contribution in [2.45, 2.75) is 38.0 Å². The Labute approximate surface area is 248 Å². The van der Waals surface area contributed by atoms with E-state index in [4.69, 9.17) is 14.2 Å². The van der Waals surface area contributed by atoms with Crippen LogP contribution in [0, 0.1) is 0 Å². The molecule has 43 heavy (non-hydrogen) atoms. The highest BCUT2D eigenvalue weighted by Crippen LogP contribution is 2.42. The van der Waals surface area contributed by atoms with Crippen LogP contribution in [-0.4, -0.2) is 76.1 Å². The van der Waals surface area contributed by atoms with Crippen molar-refractivity contribution >= 4 is 23.2 Å². The Kier molecular flexibility index (Phi) is 8.36. The summed E-state index contributed by atoms with van der Waals surface area (Å²) < 4.78 is 16.5. The van der Waals surface area contributed by atoms with Crippen molar-refractivity contribution in [1.82, 2.24) is 4.90 Å². The van der Waals surface area contributed by atoms with Gasteiger partial charge in [-0.1, -0.05) is 12.1 Å². The Morgan fingerprint density at radius 1 is 0.837 bits per heavy atom. The molecule has 0 saturated heterocycles. The van der Waals surface area contributed by atoms with Gasteiger partial charge in [0.1, 0.15) is 28.7 Å². The van der Waals surface area contributed by atoms with Crippen LogP contribution in [-0.2, 0) is 16.0 Å². The second-order valence-electron chi connectivity index (χ2n) is 11.3. The summed E-state index contributed by atoms with van der Waals surface area (Å²) in [4.78, 5) is 25.6. The summed E-state index contributed by atoms with van der Waals surface area (Å²) in [5.74, 6) is 0.148. The molecule has 6 N–H and O–H groups in total. The number of aliphatic hydroxyl groups excluding tert-OH is 2. The molecule has 3 aromatic carbocycles. The molecule has 1 unspecified atom stereocenters. The Bertz CT molecular complexity index is 1440. The van der Waals surface area contributed by atoms with Gasteiger partial charge in [0.05, 0.1) is 30.7 Å². The number of β-amino-alcohol motifs (C(OH)–C–C–N with tert-alkyl or cyclic N) is 2. The molecule has 0 radical (unpaired) electrons. The van der Waals surface area contributed by atoms with Crippen LogP contribution in [0.2, 0.25) is 0 Å². The first kappa shape index (κ1) is 30.0. The molecule has 0 aliphatic carbocycles. The summed E-state index contributed by atoms with van der Waals surface area (Å²) in [6.07, 6.45) is -1.88. The van der Waals surface area contributed by atoms with Crippen LogP contribution in [0.4, 0.5) is 11.4 Å². The number of aromatic hydroxyl groups is 2. The second kappa shape index (κ2) is 12.0. The maximum absolute atomic E-state index is 11.9. The molecule has 0 aromatic heterocycles. The fourth-order valence-corrected chi connectivity index (χ4v) is 5.46. The highest BCUT2D eigenvalue weighted by Gasteiger charge is 2.34. The minimum atomic E-state index is -1.20. The number of rotatable bonds is 10. The molecule has 2 aliphatic heterocycles. The number of anilines is 2. The van der Waals surface area contributed by atoms with E-state index in [1.54, 1.807) is 7.11 Å². The molecule has 0 fully saturated rings. The van der Waals surface area contributed by atoms with Crippen molar-refractivity contribution in [2.75, 3.05) is 44.0 Å². The largest absolute Gasteiger partial charge is 0.508 e. The number of phenolic OH excluding ortho intramolecular Hbond substituents is 2. The van der Waals surface area contributed by atoms with E-state index in [1.165, 1.54) is 24.3 Å². The quantitative estimate of drug-likeness (QED) is 0.205. The molecule has 2 amide bonds. The van der Waals surface area contributed by atoms with Crippen LogP contribution in [0.1, 0.15) is 42.7 Å². The standard InChI is InChI=1S/C31H35N3O9/c1-31(2,12-17-4-6-20(41-3)7-5-17)34(13-25(37)21-8-18(35)10-23-29(21)42-15-27(39)32-23)14-26(38)22-9-19(36)11-24-30(22)43-16-28(40)33-24/h4-11,25-26,35-38H,12-16H2,1-3H3,(H,32,39)(H,33,40)/t25-,26?/m0/s1. The smallest absolute Gasteiger partial charge is 0.262 e. The van der Waals surface area contributed by atoms with E-state index >= 15 is 0 Å². The molecule has 228 valence electrons. The first-order valence-electron chi connectivity index (χ1n) is 13.8. The molecule has 3 aromatic rings. The van der Waals surface area contributed by atoms with Crippen LogP contribution < -0.4 is 24.8 Å². The number of hydrogen-bond donors (Lipinski definition) is 6. The molecule has 12 heteroatoms. The summed E-state index contributed by atoms with van der Waals surface area (Å²) in [5.41, 5.74) is 1.38. The molecular formula is C31H35N3O9. The second-order valence-corrected chi connectivity index (χ2v) is 11.3. The molecule has 2 atom stereocenters. The summed E-state index contributed by atoms with van der Waals surface area (Å²) in [6.45, 7) is 3.46. The number of ether oxygens (including phenoxy) is 3. The number of benzene rings is 3. The summed E-state index contributed by atoms with van der Waals surface area (Å²) in [7, 11) is 1.59. The Morgan fingerprint density at radius 3 is 1.74 bits per heavy atom. The predicted molar refractivity (Wildman–Crippen MR) is 157 cm³/mol. The lowest BCUT2D eigenvalue weighted by Crippen LogP contribution is -2.49. The number of phenols is 2. The molecule has 2 aliphatic rings. The number of hydrogen-bond acceptors (Lipinski definition) is 10. The average molecular weight is 594 g/mol. The van der Waals surface area contributed by atoms with Crippen molar-refractivity contribution in [3.63, 3.8) is 0 Å². The Morgan fingerprint density at radius 2 is 1.30 bits per heavy atom. The highest BCUT2D eigenvalue weighted by molar-refractivity contribution is 5.96. The fourth-order valence-electron chi connectivity index (χ4n) is 5.46. The number of methoxy groups -OCH3 is 1. The molecule has 12 nitrogen and oxygen atoms in total. The van der Waals surface area contributed by atoms with Gasteiger partial charge in [-0.25, -0.2) is 0 Å². The van der Waals surface area contributed by atoms with Crippen LogP contribution in [0.15, 0.2) is 48.5 Å². The van der Waals surface area contributed by atoms with E-state index in [1.807, 2.05) is 43.0 Å². The Balaban J connectivity index is 1.47. The zero-order valence-electron chi connectivity index (χ0n) is 24.1. The molecular weight excluding hydrogens is 558 g/mol. The van der Waals surface area contributed by atoms with E-state index in [9.17, 15) is 30.0 Å². The van der Waals surface area contributed by atoms with E-state index < -0.39 is 17.7 Å². The van der Waals surface area contributed by atoms with Gasteiger partial charge in [0.25, 0.3) is 11.8 Å². The van der Waals surface area contributed by atoms with Gasteiger partial charge in [-0.15, -0.1) is 0 Å². The predicted octanol–water partition coefficient (Wildman–Crippen LogP) is 2.86. The summed E-state index contributed by atoms with van der Waals surface area (Å²) in [6, 6.07) is 13.1. The van der Waals surface area contributed by atoms with Crippen LogP contribution in [0.5, 0.6) is 28.7 Å². The van der Waals surface area contributed by atoms with E-state index in [2.05, 4.69) is 10.6 Å². The van der Waals surface area contributed by atoms with Crippen molar-refractivity contribution in [3.8, 4) is 28.7 Å². The van der Waals surface area contributed by atoms with Gasteiger partial charge in [-0.05, 0) is 50.1 Å². The minimum absolute atomic E-state index is 0.00792. The van der Waals surface area contributed by atoms with E-state index in [0.717, 1.165) is 5.56 Å². The first-order chi connectivity index (χ1) is 20.4. The van der Waals surface area contributed by atoms with E-state index in [-0.39, 0.29) is 83.6 Å². The zero-order chi connectivity index (χ0) is 30.9. The van der Waals surface area contributed by atoms with Crippen molar-refractivity contribution in [1.29, 1.82) is 0 Å².